The SMILES string of the molecule is O=C1CCC(N2C(=O)c3ccc(CNC4CCC5(CNC5)OC4)cc3C2=O)C(=O)N1. The fourth-order valence-electron chi connectivity index (χ4n) is 4.60. The van der Waals surface area contributed by atoms with E-state index in [1.807, 2.05) is 6.07 Å². The van der Waals surface area contributed by atoms with Crippen molar-refractivity contribution >= 4 is 23.6 Å². The largest absolute Gasteiger partial charge is 0.371 e. The van der Waals surface area contributed by atoms with Crippen molar-refractivity contribution in [2.45, 2.75) is 49.9 Å². The van der Waals surface area contributed by atoms with E-state index in [1.54, 1.807) is 12.1 Å². The van der Waals surface area contributed by atoms with Gasteiger partial charge in [-0.25, -0.2) is 0 Å². The van der Waals surface area contributed by atoms with Gasteiger partial charge in [-0.15, -0.1) is 0 Å². The third kappa shape index (κ3) is 3.23. The van der Waals surface area contributed by atoms with Crippen LogP contribution in [0.1, 0.15) is 52.0 Å². The van der Waals surface area contributed by atoms with Crippen LogP contribution in [0.2, 0.25) is 0 Å². The van der Waals surface area contributed by atoms with E-state index >= 15 is 0 Å². The van der Waals surface area contributed by atoms with E-state index in [4.69, 9.17) is 4.74 Å². The lowest BCUT2D eigenvalue weighted by Crippen LogP contribution is -2.64. The summed E-state index contributed by atoms with van der Waals surface area (Å²) in [7, 11) is 0. The van der Waals surface area contributed by atoms with Crippen molar-refractivity contribution in [3.63, 3.8) is 0 Å². The molecule has 30 heavy (non-hydrogen) atoms. The Balaban J connectivity index is 1.24. The van der Waals surface area contributed by atoms with Crippen LogP contribution in [0.25, 0.3) is 0 Å². The number of fused-ring (bicyclic) bond motifs is 1. The van der Waals surface area contributed by atoms with Crippen LogP contribution in [0.5, 0.6) is 0 Å². The Morgan fingerprint density at radius 2 is 1.90 bits per heavy atom. The molecule has 3 N–H and O–H groups in total. The molecule has 1 aromatic carbocycles. The number of rotatable bonds is 4. The number of carbonyl (C=O) groups excluding carboxylic acids is 4. The van der Waals surface area contributed by atoms with Crippen LogP contribution in [0.4, 0.5) is 0 Å². The van der Waals surface area contributed by atoms with Gasteiger partial charge in [0.15, 0.2) is 0 Å². The van der Waals surface area contributed by atoms with Crippen LogP contribution in [-0.2, 0) is 20.9 Å². The predicted molar refractivity (Wildman–Crippen MR) is 105 cm³/mol. The molecule has 0 radical (unpaired) electrons. The van der Waals surface area contributed by atoms with Gasteiger partial charge in [0.1, 0.15) is 6.04 Å². The van der Waals surface area contributed by atoms with E-state index < -0.39 is 23.8 Å². The van der Waals surface area contributed by atoms with Crippen molar-refractivity contribution in [3.05, 3.63) is 34.9 Å². The molecule has 1 spiro atoms. The molecule has 5 rings (SSSR count). The average molecular weight is 412 g/mol. The molecule has 0 aliphatic carbocycles. The van der Waals surface area contributed by atoms with Crippen LogP contribution in [-0.4, -0.2) is 65.9 Å². The van der Waals surface area contributed by atoms with E-state index in [1.165, 1.54) is 0 Å². The minimum atomic E-state index is -0.940. The Labute approximate surface area is 173 Å². The molecule has 1 aromatic rings. The second-order valence-corrected chi connectivity index (χ2v) is 8.54. The molecule has 3 saturated heterocycles. The molecule has 4 aliphatic heterocycles. The number of carbonyl (C=O) groups is 4. The van der Waals surface area contributed by atoms with E-state index in [0.29, 0.717) is 24.3 Å². The van der Waals surface area contributed by atoms with Gasteiger partial charge >= 0.3 is 0 Å². The van der Waals surface area contributed by atoms with Crippen LogP contribution in [0, 0.1) is 0 Å². The Kier molecular flexibility index (Phi) is 4.68. The smallest absolute Gasteiger partial charge is 0.262 e. The molecule has 0 saturated carbocycles. The maximum atomic E-state index is 12.9. The number of amides is 4. The van der Waals surface area contributed by atoms with Crippen molar-refractivity contribution in [1.82, 2.24) is 20.9 Å². The molecule has 4 aliphatic rings. The summed E-state index contributed by atoms with van der Waals surface area (Å²) in [5.74, 6) is -1.94. The second kappa shape index (κ2) is 7.26. The van der Waals surface area contributed by atoms with Crippen molar-refractivity contribution < 1.29 is 23.9 Å². The molecule has 0 aromatic heterocycles. The van der Waals surface area contributed by atoms with Crippen LogP contribution < -0.4 is 16.0 Å². The van der Waals surface area contributed by atoms with Gasteiger partial charge in [0, 0.05) is 32.1 Å². The summed E-state index contributed by atoms with van der Waals surface area (Å²) in [5, 5.41) is 8.93. The maximum absolute atomic E-state index is 12.9. The highest BCUT2D eigenvalue weighted by molar-refractivity contribution is 6.23. The van der Waals surface area contributed by atoms with E-state index in [-0.39, 0.29) is 30.4 Å². The highest BCUT2D eigenvalue weighted by Gasteiger charge is 2.45. The Bertz CT molecular complexity index is 931. The van der Waals surface area contributed by atoms with E-state index in [9.17, 15) is 19.2 Å². The summed E-state index contributed by atoms with van der Waals surface area (Å²) >= 11 is 0. The standard InChI is InChI=1S/C21H24N4O5/c26-17-4-3-16(18(27)24-17)25-19(28)14-2-1-12(7-15(14)20(25)29)8-23-13-5-6-21(30-9-13)10-22-11-21/h1-2,7,13,16,22-23H,3-6,8-11H2,(H,24,26,27). The van der Waals surface area contributed by atoms with Gasteiger partial charge in [-0.1, -0.05) is 6.07 Å². The lowest BCUT2D eigenvalue weighted by molar-refractivity contribution is -0.136. The molecule has 4 amide bonds. The fraction of sp³-hybridized carbons (Fsp3) is 0.524. The fourth-order valence-corrected chi connectivity index (χ4v) is 4.60. The molecule has 0 bridgehead atoms. The number of imide groups is 2. The maximum Gasteiger partial charge on any atom is 0.262 e. The van der Waals surface area contributed by atoms with Gasteiger partial charge in [-0.2, -0.15) is 0 Å². The Hall–Kier alpha value is -2.62. The van der Waals surface area contributed by atoms with Gasteiger partial charge in [-0.05, 0) is 37.0 Å². The summed E-state index contributed by atoms with van der Waals surface area (Å²) in [4.78, 5) is 50.2. The van der Waals surface area contributed by atoms with E-state index in [0.717, 1.165) is 36.4 Å². The summed E-state index contributed by atoms with van der Waals surface area (Å²) < 4.78 is 6.01. The van der Waals surface area contributed by atoms with Crippen LogP contribution in [0.3, 0.4) is 0 Å². The monoisotopic (exact) mass is 412 g/mol. The summed E-state index contributed by atoms with van der Waals surface area (Å²) in [6, 6.07) is 4.50. The van der Waals surface area contributed by atoms with Crippen LogP contribution >= 0.6 is 0 Å². The average Bonchev–Trinajstić information content (AvgIpc) is 2.96. The molecule has 2 atom stereocenters. The van der Waals surface area contributed by atoms with Gasteiger partial charge in [0.05, 0.1) is 23.3 Å². The molecule has 158 valence electrons. The number of benzene rings is 1. The highest BCUT2D eigenvalue weighted by Crippen LogP contribution is 2.30. The molecule has 2 unspecified atom stereocenters. The lowest BCUT2D eigenvalue weighted by atomic mass is 9.87. The first-order chi connectivity index (χ1) is 14.5. The van der Waals surface area contributed by atoms with Gasteiger partial charge in [-0.3, -0.25) is 29.4 Å². The minimum absolute atomic E-state index is 0.0258. The number of ether oxygens (including phenoxy) is 1. The zero-order valence-corrected chi connectivity index (χ0v) is 16.5. The minimum Gasteiger partial charge on any atom is -0.371 e. The van der Waals surface area contributed by atoms with E-state index in [2.05, 4.69) is 16.0 Å². The Morgan fingerprint density at radius 1 is 1.10 bits per heavy atom. The Morgan fingerprint density at radius 3 is 2.57 bits per heavy atom. The first-order valence-corrected chi connectivity index (χ1v) is 10.4. The van der Waals surface area contributed by atoms with Crippen molar-refractivity contribution in [1.29, 1.82) is 0 Å². The number of hydrogen-bond donors (Lipinski definition) is 3. The van der Waals surface area contributed by atoms with Crippen molar-refractivity contribution in [2.75, 3.05) is 19.7 Å². The molecular weight excluding hydrogens is 388 g/mol. The second-order valence-electron chi connectivity index (χ2n) is 8.54. The normalized spacial score (nSPS) is 27.8. The van der Waals surface area contributed by atoms with Gasteiger partial charge in [0.25, 0.3) is 11.8 Å². The summed E-state index contributed by atoms with van der Waals surface area (Å²) in [5.41, 5.74) is 1.53. The highest BCUT2D eigenvalue weighted by atomic mass is 16.5. The topological polar surface area (TPSA) is 117 Å². The number of hydrogen-bond acceptors (Lipinski definition) is 7. The number of nitrogens with zero attached hydrogens (tertiary/aromatic N) is 1. The van der Waals surface area contributed by atoms with Crippen molar-refractivity contribution in [2.24, 2.45) is 0 Å². The van der Waals surface area contributed by atoms with Gasteiger partial charge in [0.2, 0.25) is 11.8 Å². The summed E-state index contributed by atoms with van der Waals surface area (Å²) in [6.07, 6.45) is 2.33. The van der Waals surface area contributed by atoms with Gasteiger partial charge < -0.3 is 15.4 Å². The zero-order valence-electron chi connectivity index (χ0n) is 16.5. The zero-order chi connectivity index (χ0) is 20.9. The molecule has 9 nitrogen and oxygen atoms in total. The molecule has 3 fully saturated rings. The number of nitrogens with one attached hydrogen (secondary N) is 3. The quantitative estimate of drug-likeness (QED) is 0.581. The molecule has 4 heterocycles. The number of piperidine rings is 1. The third-order valence-electron chi connectivity index (χ3n) is 6.53. The molecular formula is C21H24N4O5. The summed E-state index contributed by atoms with van der Waals surface area (Å²) in [6.45, 7) is 3.06. The first-order valence-electron chi connectivity index (χ1n) is 10.4. The van der Waals surface area contributed by atoms with Crippen molar-refractivity contribution in [3.8, 4) is 0 Å². The molecule has 9 heteroatoms. The first kappa shape index (κ1) is 19.3. The lowest BCUT2D eigenvalue weighted by Gasteiger charge is -2.47. The third-order valence-corrected chi connectivity index (χ3v) is 6.53. The predicted octanol–water partition coefficient (Wildman–Crippen LogP) is -0.302. The van der Waals surface area contributed by atoms with Crippen LogP contribution in [0.15, 0.2) is 18.2 Å².